The van der Waals surface area contributed by atoms with Crippen LogP contribution in [0.4, 0.5) is 0 Å². The number of carbonyl (C=O) groups is 1. The minimum absolute atomic E-state index is 0.0855. The molecular weight excluding hydrogens is 342 g/mol. The molecule has 2 aromatic rings. The number of ether oxygens (including phenoxy) is 3. The Kier molecular flexibility index (Phi) is 7.74. The second-order valence-corrected chi connectivity index (χ2v) is 6.23. The van der Waals surface area contributed by atoms with Gasteiger partial charge in [0.25, 0.3) is 0 Å². The molecule has 0 bridgehead atoms. The van der Waals surface area contributed by atoms with E-state index in [0.717, 1.165) is 18.4 Å². The van der Waals surface area contributed by atoms with Crippen LogP contribution in [0.25, 0.3) is 6.08 Å². The smallest absolute Gasteiger partial charge is 0.244 e. The highest BCUT2D eigenvalue weighted by atomic mass is 16.5. The third-order valence-corrected chi connectivity index (χ3v) is 4.21. The van der Waals surface area contributed by atoms with Crippen LogP contribution >= 0.6 is 0 Å². The normalized spacial score (nSPS) is 11.9. The summed E-state index contributed by atoms with van der Waals surface area (Å²) < 4.78 is 16.0. The maximum Gasteiger partial charge on any atom is 0.244 e. The Labute approximate surface area is 161 Å². The summed E-state index contributed by atoms with van der Waals surface area (Å²) in [5.41, 5.74) is 2.06. The van der Waals surface area contributed by atoms with Crippen LogP contribution in [0, 0.1) is 0 Å². The van der Waals surface area contributed by atoms with Crippen molar-refractivity contribution in [3.05, 3.63) is 59.7 Å². The number of benzene rings is 2. The lowest BCUT2D eigenvalue weighted by Crippen LogP contribution is -2.31. The fourth-order valence-corrected chi connectivity index (χ4v) is 2.76. The molecule has 5 heteroatoms. The van der Waals surface area contributed by atoms with Crippen LogP contribution in [0.15, 0.2) is 48.5 Å². The lowest BCUT2D eigenvalue weighted by atomic mass is 10.1. The first-order valence-corrected chi connectivity index (χ1v) is 8.90. The molecule has 144 valence electrons. The second kappa shape index (κ2) is 10.3. The molecule has 0 radical (unpaired) electrons. The first kappa shape index (κ1) is 20.4. The van der Waals surface area contributed by atoms with E-state index in [9.17, 15) is 4.79 Å². The van der Waals surface area contributed by atoms with Gasteiger partial charge in [-0.2, -0.15) is 0 Å². The van der Waals surface area contributed by atoms with Gasteiger partial charge in [0.15, 0.2) is 11.5 Å². The molecule has 1 amide bonds. The van der Waals surface area contributed by atoms with E-state index in [2.05, 4.69) is 17.4 Å². The Hall–Kier alpha value is -2.95. The highest BCUT2D eigenvalue weighted by molar-refractivity contribution is 5.92. The van der Waals surface area contributed by atoms with Crippen LogP contribution in [0.3, 0.4) is 0 Å². The van der Waals surface area contributed by atoms with Crippen molar-refractivity contribution < 1.29 is 19.0 Å². The predicted octanol–water partition coefficient (Wildman–Crippen LogP) is 3.86. The molecule has 0 aliphatic carbocycles. The third-order valence-electron chi connectivity index (χ3n) is 4.21. The lowest BCUT2D eigenvalue weighted by Gasteiger charge is -2.13. The molecule has 0 unspecified atom stereocenters. The summed E-state index contributed by atoms with van der Waals surface area (Å²) in [5.74, 6) is 1.49. The van der Waals surface area contributed by atoms with E-state index in [1.165, 1.54) is 11.6 Å². The molecular formula is C22H27NO4. The molecule has 0 saturated carbocycles. The summed E-state index contributed by atoms with van der Waals surface area (Å²) in [5, 5.41) is 2.99. The van der Waals surface area contributed by atoms with Gasteiger partial charge < -0.3 is 19.5 Å². The molecule has 0 aliphatic heterocycles. The van der Waals surface area contributed by atoms with Crippen molar-refractivity contribution in [1.29, 1.82) is 0 Å². The van der Waals surface area contributed by atoms with Gasteiger partial charge in [0.2, 0.25) is 11.7 Å². The van der Waals surface area contributed by atoms with Crippen LogP contribution in [-0.4, -0.2) is 33.3 Å². The first-order valence-electron chi connectivity index (χ1n) is 8.90. The predicted molar refractivity (Wildman–Crippen MR) is 107 cm³/mol. The Morgan fingerprint density at radius 1 is 1.04 bits per heavy atom. The van der Waals surface area contributed by atoms with Crippen molar-refractivity contribution in [3.63, 3.8) is 0 Å². The molecule has 0 heterocycles. The third kappa shape index (κ3) is 6.06. The zero-order valence-corrected chi connectivity index (χ0v) is 16.3. The molecule has 1 N–H and O–H groups in total. The van der Waals surface area contributed by atoms with Gasteiger partial charge in [0.05, 0.1) is 21.3 Å². The van der Waals surface area contributed by atoms with Gasteiger partial charge in [-0.1, -0.05) is 30.3 Å². The molecule has 2 rings (SSSR count). The van der Waals surface area contributed by atoms with Crippen molar-refractivity contribution in [3.8, 4) is 17.2 Å². The van der Waals surface area contributed by atoms with E-state index in [0.29, 0.717) is 17.2 Å². The topological polar surface area (TPSA) is 56.8 Å². The maximum atomic E-state index is 12.2. The Bertz CT molecular complexity index is 746. The van der Waals surface area contributed by atoms with Gasteiger partial charge in [-0.05, 0) is 49.1 Å². The summed E-state index contributed by atoms with van der Waals surface area (Å²) in [4.78, 5) is 12.2. The molecule has 0 spiro atoms. The first-order chi connectivity index (χ1) is 13.1. The Balaban J connectivity index is 1.95. The summed E-state index contributed by atoms with van der Waals surface area (Å²) >= 11 is 0. The highest BCUT2D eigenvalue weighted by Gasteiger charge is 2.12. The quantitative estimate of drug-likeness (QED) is 0.682. The molecule has 1 atom stereocenters. The second-order valence-electron chi connectivity index (χ2n) is 6.23. The van der Waals surface area contributed by atoms with Crippen LogP contribution in [-0.2, 0) is 11.2 Å². The average Bonchev–Trinajstić information content (AvgIpc) is 2.70. The van der Waals surface area contributed by atoms with E-state index in [1.807, 2.05) is 25.1 Å². The number of carbonyl (C=O) groups excluding carboxylic acids is 1. The molecule has 0 aromatic heterocycles. The SMILES string of the molecule is COc1cc(/C=C/C(=O)N[C@H](C)CCc2ccccc2)cc(OC)c1OC. The van der Waals surface area contributed by atoms with E-state index in [1.54, 1.807) is 39.5 Å². The highest BCUT2D eigenvalue weighted by Crippen LogP contribution is 2.38. The summed E-state index contributed by atoms with van der Waals surface area (Å²) in [7, 11) is 4.68. The van der Waals surface area contributed by atoms with Crippen molar-refractivity contribution >= 4 is 12.0 Å². The molecule has 27 heavy (non-hydrogen) atoms. The molecule has 0 saturated heterocycles. The van der Waals surface area contributed by atoms with Gasteiger partial charge in [0.1, 0.15) is 0 Å². The zero-order chi connectivity index (χ0) is 19.6. The van der Waals surface area contributed by atoms with Crippen molar-refractivity contribution in [2.45, 2.75) is 25.8 Å². The van der Waals surface area contributed by atoms with Gasteiger partial charge in [-0.25, -0.2) is 0 Å². The lowest BCUT2D eigenvalue weighted by molar-refractivity contribution is -0.117. The number of methoxy groups -OCH3 is 3. The fraction of sp³-hybridized carbons (Fsp3) is 0.318. The summed E-state index contributed by atoms with van der Waals surface area (Å²) in [6.45, 7) is 2.01. The Morgan fingerprint density at radius 3 is 2.22 bits per heavy atom. The van der Waals surface area contributed by atoms with Gasteiger partial charge in [-0.15, -0.1) is 0 Å². The minimum atomic E-state index is -0.135. The van der Waals surface area contributed by atoms with E-state index >= 15 is 0 Å². The number of rotatable bonds is 9. The van der Waals surface area contributed by atoms with Crippen LogP contribution in [0.1, 0.15) is 24.5 Å². The Morgan fingerprint density at radius 2 is 1.67 bits per heavy atom. The number of aryl methyl sites for hydroxylation is 1. The van der Waals surface area contributed by atoms with E-state index in [-0.39, 0.29) is 11.9 Å². The summed E-state index contributed by atoms with van der Waals surface area (Å²) in [6, 6.07) is 13.9. The van der Waals surface area contributed by atoms with Crippen molar-refractivity contribution in [2.75, 3.05) is 21.3 Å². The molecule has 0 aliphatic rings. The van der Waals surface area contributed by atoms with Crippen molar-refractivity contribution in [2.24, 2.45) is 0 Å². The number of nitrogens with one attached hydrogen (secondary N) is 1. The average molecular weight is 369 g/mol. The van der Waals surface area contributed by atoms with Gasteiger partial charge in [-0.3, -0.25) is 4.79 Å². The minimum Gasteiger partial charge on any atom is -0.493 e. The fourth-order valence-electron chi connectivity index (χ4n) is 2.76. The maximum absolute atomic E-state index is 12.2. The van der Waals surface area contributed by atoms with E-state index < -0.39 is 0 Å². The van der Waals surface area contributed by atoms with Gasteiger partial charge >= 0.3 is 0 Å². The van der Waals surface area contributed by atoms with Gasteiger partial charge in [0, 0.05) is 12.1 Å². The standard InChI is InChI=1S/C22H27NO4/c1-16(10-11-17-8-6-5-7-9-17)23-21(24)13-12-18-14-19(25-2)22(27-4)20(15-18)26-3/h5-9,12-16H,10-11H2,1-4H3,(H,23,24)/b13-12+/t16-/m1/s1. The zero-order valence-electron chi connectivity index (χ0n) is 16.3. The number of hydrogen-bond donors (Lipinski definition) is 1. The summed E-state index contributed by atoms with van der Waals surface area (Å²) in [6.07, 6.45) is 5.05. The van der Waals surface area contributed by atoms with Crippen LogP contribution in [0.2, 0.25) is 0 Å². The molecule has 5 nitrogen and oxygen atoms in total. The number of amides is 1. The molecule has 0 fully saturated rings. The monoisotopic (exact) mass is 369 g/mol. The van der Waals surface area contributed by atoms with Crippen molar-refractivity contribution in [1.82, 2.24) is 5.32 Å². The van der Waals surface area contributed by atoms with Crippen LogP contribution < -0.4 is 19.5 Å². The van der Waals surface area contributed by atoms with Crippen LogP contribution in [0.5, 0.6) is 17.2 Å². The molecule has 2 aromatic carbocycles. The largest absolute Gasteiger partial charge is 0.493 e. The number of hydrogen-bond acceptors (Lipinski definition) is 4. The van der Waals surface area contributed by atoms with E-state index in [4.69, 9.17) is 14.2 Å².